The van der Waals surface area contributed by atoms with Gasteiger partial charge in [-0.2, -0.15) is 31.6 Å². The molecule has 0 atom stereocenters. The van der Waals surface area contributed by atoms with Gasteiger partial charge in [0.25, 0.3) is 0 Å². The van der Waals surface area contributed by atoms with Crippen LogP contribution in [0.25, 0.3) is 22.3 Å². The van der Waals surface area contributed by atoms with Crippen molar-refractivity contribution in [2.75, 3.05) is 0 Å². The Morgan fingerprint density at radius 2 is 1.13 bits per heavy atom. The predicted molar refractivity (Wildman–Crippen MR) is 135 cm³/mol. The van der Waals surface area contributed by atoms with Crippen molar-refractivity contribution < 1.29 is 36.2 Å². The van der Waals surface area contributed by atoms with Crippen LogP contribution in [0.4, 0.5) is 26.3 Å². The van der Waals surface area contributed by atoms with Crippen LogP contribution < -0.4 is 0 Å². The number of nitrogens with zero attached hydrogens (tertiary/aromatic N) is 1. The van der Waals surface area contributed by atoms with Crippen molar-refractivity contribution in [3.8, 4) is 28.3 Å². The van der Waals surface area contributed by atoms with E-state index in [0.717, 1.165) is 18.2 Å². The largest absolute Gasteiger partial charge is 0.478 e. The summed E-state index contributed by atoms with van der Waals surface area (Å²) in [6.45, 7) is 0. The lowest BCUT2D eigenvalue weighted by Crippen LogP contribution is -2.06. The highest BCUT2D eigenvalue weighted by atomic mass is 35.5. The molecule has 0 radical (unpaired) electrons. The van der Waals surface area contributed by atoms with Gasteiger partial charge in [0.15, 0.2) is 0 Å². The maximum absolute atomic E-state index is 12.6. The second-order valence-electron chi connectivity index (χ2n) is 7.89. The molecule has 0 heterocycles. The molecule has 0 aliphatic rings. The summed E-state index contributed by atoms with van der Waals surface area (Å²) in [5.41, 5.74) is 0.233. The Hall–Kier alpha value is -4.00. The van der Waals surface area contributed by atoms with Crippen LogP contribution in [0.1, 0.15) is 27.0 Å². The topological polar surface area (TPSA) is 61.1 Å². The highest BCUT2D eigenvalue weighted by Gasteiger charge is 2.34. The SMILES string of the molecule is N#Cc1ccccc1-c1ccc(C(F)(F)F)c(Cl)c1.O=C(O)c1ccccc1-c1ccc(C(F)(F)F)c(Cl)c1. The van der Waals surface area contributed by atoms with E-state index in [1.165, 1.54) is 30.3 Å². The number of hydrogen-bond acceptors (Lipinski definition) is 2. The van der Waals surface area contributed by atoms with E-state index in [9.17, 15) is 31.1 Å². The van der Waals surface area contributed by atoms with Crippen molar-refractivity contribution >= 4 is 29.2 Å². The molecule has 0 aliphatic carbocycles. The van der Waals surface area contributed by atoms with Gasteiger partial charge in [0.2, 0.25) is 0 Å². The van der Waals surface area contributed by atoms with Gasteiger partial charge in [0, 0.05) is 0 Å². The van der Waals surface area contributed by atoms with Gasteiger partial charge in [-0.25, -0.2) is 4.79 Å². The lowest BCUT2D eigenvalue weighted by molar-refractivity contribution is -0.138. The van der Waals surface area contributed by atoms with E-state index < -0.39 is 34.5 Å². The molecule has 200 valence electrons. The molecule has 0 unspecified atom stereocenters. The van der Waals surface area contributed by atoms with E-state index in [-0.39, 0.29) is 10.6 Å². The fraction of sp³-hybridized carbons (Fsp3) is 0.0714. The van der Waals surface area contributed by atoms with E-state index >= 15 is 0 Å². The molecule has 1 N–H and O–H groups in total. The van der Waals surface area contributed by atoms with Gasteiger partial charge < -0.3 is 5.11 Å². The Morgan fingerprint density at radius 3 is 1.56 bits per heavy atom. The van der Waals surface area contributed by atoms with Crippen molar-refractivity contribution in [1.82, 2.24) is 0 Å². The number of benzene rings is 4. The van der Waals surface area contributed by atoms with E-state index in [1.807, 2.05) is 6.07 Å². The number of alkyl halides is 6. The number of carbonyl (C=O) groups is 1. The first-order valence-corrected chi connectivity index (χ1v) is 11.5. The lowest BCUT2D eigenvalue weighted by Gasteiger charge is -2.11. The van der Waals surface area contributed by atoms with Gasteiger partial charge in [-0.15, -0.1) is 0 Å². The molecule has 0 aromatic heterocycles. The number of nitriles is 1. The van der Waals surface area contributed by atoms with Crippen LogP contribution in [0, 0.1) is 11.3 Å². The molecule has 0 bridgehead atoms. The quantitative estimate of drug-likeness (QED) is 0.245. The Labute approximate surface area is 228 Å². The molecule has 0 saturated carbocycles. The van der Waals surface area contributed by atoms with Gasteiger partial charge in [-0.1, -0.05) is 71.7 Å². The molecule has 0 amide bonds. The van der Waals surface area contributed by atoms with Crippen LogP contribution in [0.3, 0.4) is 0 Å². The monoisotopic (exact) mass is 581 g/mol. The number of rotatable bonds is 3. The van der Waals surface area contributed by atoms with Gasteiger partial charge in [-0.3, -0.25) is 0 Å². The second-order valence-corrected chi connectivity index (χ2v) is 8.71. The molecule has 3 nitrogen and oxygen atoms in total. The fourth-order valence-electron chi connectivity index (χ4n) is 3.58. The predicted octanol–water partition coefficient (Wildman–Crippen LogP) is 9.62. The molecule has 0 aliphatic heterocycles. The number of aromatic carboxylic acids is 1. The number of carboxylic acid groups (broad SMARTS) is 1. The zero-order valence-corrected chi connectivity index (χ0v) is 20.9. The van der Waals surface area contributed by atoms with Gasteiger partial charge >= 0.3 is 18.3 Å². The third-order valence-electron chi connectivity index (χ3n) is 5.38. The first-order valence-electron chi connectivity index (χ1n) is 10.8. The smallest absolute Gasteiger partial charge is 0.417 e. The fourth-order valence-corrected chi connectivity index (χ4v) is 4.15. The molecule has 0 fully saturated rings. The maximum Gasteiger partial charge on any atom is 0.417 e. The average Bonchev–Trinajstić information content (AvgIpc) is 2.87. The molecule has 4 aromatic rings. The summed E-state index contributed by atoms with van der Waals surface area (Å²) in [4.78, 5) is 11.1. The van der Waals surface area contributed by atoms with Gasteiger partial charge in [0.05, 0.1) is 38.4 Å². The van der Waals surface area contributed by atoms with Crippen LogP contribution >= 0.6 is 23.2 Å². The summed E-state index contributed by atoms with van der Waals surface area (Å²) < 4.78 is 75.6. The van der Waals surface area contributed by atoms with E-state index in [1.54, 1.807) is 36.4 Å². The summed E-state index contributed by atoms with van der Waals surface area (Å²) in [7, 11) is 0. The van der Waals surface area contributed by atoms with Gasteiger partial charge in [0.1, 0.15) is 0 Å². The lowest BCUT2D eigenvalue weighted by atomic mass is 9.98. The van der Waals surface area contributed by atoms with Crippen molar-refractivity contribution in [2.24, 2.45) is 0 Å². The third kappa shape index (κ3) is 7.11. The molecule has 4 aromatic carbocycles. The molecule has 0 spiro atoms. The highest BCUT2D eigenvalue weighted by Crippen LogP contribution is 2.38. The summed E-state index contributed by atoms with van der Waals surface area (Å²) in [6, 6.07) is 21.3. The van der Waals surface area contributed by atoms with Crippen molar-refractivity contribution in [3.63, 3.8) is 0 Å². The Balaban J connectivity index is 0.000000216. The second kappa shape index (κ2) is 11.8. The molecule has 0 saturated heterocycles. The highest BCUT2D eigenvalue weighted by molar-refractivity contribution is 6.32. The minimum Gasteiger partial charge on any atom is -0.478 e. The summed E-state index contributed by atoms with van der Waals surface area (Å²) in [5, 5.41) is 17.2. The van der Waals surface area contributed by atoms with E-state index in [0.29, 0.717) is 27.8 Å². The Kier molecular flexibility index (Phi) is 8.95. The zero-order valence-electron chi connectivity index (χ0n) is 19.4. The first-order chi connectivity index (χ1) is 18.2. The van der Waals surface area contributed by atoms with Crippen LogP contribution in [0.5, 0.6) is 0 Å². The van der Waals surface area contributed by atoms with Crippen LogP contribution in [-0.2, 0) is 12.4 Å². The standard InChI is InChI=1S/C14H7ClF3N.C14H8ClF3O2/c15-13-7-9(5-6-12(13)14(16,17)18)11-4-2-1-3-10(11)8-19;15-12-7-8(5-6-11(12)14(16,17)18)9-3-1-2-4-10(9)13(19)20/h1-7H;1-7H,(H,19,20). The molecule has 39 heavy (non-hydrogen) atoms. The first kappa shape index (κ1) is 29.6. The average molecular weight is 582 g/mol. The molecular formula is C28H15Cl2F6NO2. The molecule has 11 heteroatoms. The minimum absolute atomic E-state index is 0.00308. The van der Waals surface area contributed by atoms with E-state index in [2.05, 4.69) is 0 Å². The van der Waals surface area contributed by atoms with Crippen LogP contribution in [0.15, 0.2) is 84.9 Å². The van der Waals surface area contributed by atoms with Crippen molar-refractivity contribution in [2.45, 2.75) is 12.4 Å². The number of hydrogen-bond donors (Lipinski definition) is 1. The van der Waals surface area contributed by atoms with Crippen molar-refractivity contribution in [1.29, 1.82) is 5.26 Å². The summed E-state index contributed by atoms with van der Waals surface area (Å²) >= 11 is 11.3. The zero-order chi connectivity index (χ0) is 29.0. The number of halogens is 8. The minimum atomic E-state index is -4.54. The Morgan fingerprint density at radius 1 is 0.692 bits per heavy atom. The normalized spacial score (nSPS) is 11.3. The molecule has 4 rings (SSSR count). The van der Waals surface area contributed by atoms with Gasteiger partial charge in [-0.05, 0) is 58.7 Å². The Bertz CT molecular complexity index is 1560. The summed E-state index contributed by atoms with van der Waals surface area (Å²) in [5.74, 6) is -1.16. The van der Waals surface area contributed by atoms with Crippen LogP contribution in [-0.4, -0.2) is 11.1 Å². The maximum atomic E-state index is 12.6. The summed E-state index contributed by atoms with van der Waals surface area (Å²) in [6.07, 6.45) is -9.02. The number of carboxylic acids is 1. The van der Waals surface area contributed by atoms with Crippen LogP contribution in [0.2, 0.25) is 10.0 Å². The third-order valence-corrected chi connectivity index (χ3v) is 6.00. The van der Waals surface area contributed by atoms with E-state index in [4.69, 9.17) is 33.6 Å². The van der Waals surface area contributed by atoms with Crippen molar-refractivity contribution in [3.05, 3.63) is 117 Å². The molecular weight excluding hydrogens is 567 g/mol.